The highest BCUT2D eigenvalue weighted by Gasteiger charge is 2.37. The van der Waals surface area contributed by atoms with Crippen molar-refractivity contribution in [2.75, 3.05) is 13.6 Å². The van der Waals surface area contributed by atoms with Crippen LogP contribution in [0.25, 0.3) is 0 Å². The summed E-state index contributed by atoms with van der Waals surface area (Å²) in [5.74, 6) is 0.914. The van der Waals surface area contributed by atoms with Crippen LogP contribution in [-0.4, -0.2) is 24.0 Å². The predicted octanol–water partition coefficient (Wildman–Crippen LogP) is 2.13. The molecule has 0 aliphatic carbocycles. The van der Waals surface area contributed by atoms with Crippen LogP contribution in [0.15, 0.2) is 0 Å². The molecule has 60 valence electrons. The average molecular weight is 141 g/mol. The van der Waals surface area contributed by atoms with Gasteiger partial charge in [-0.15, -0.1) is 0 Å². The second kappa shape index (κ2) is 2.54. The summed E-state index contributed by atoms with van der Waals surface area (Å²) >= 11 is 0. The van der Waals surface area contributed by atoms with Crippen molar-refractivity contribution in [2.24, 2.45) is 5.92 Å². The normalized spacial score (nSPS) is 33.0. The molecule has 0 spiro atoms. The lowest BCUT2D eigenvalue weighted by atomic mass is 9.87. The molecule has 1 unspecified atom stereocenters. The summed E-state index contributed by atoms with van der Waals surface area (Å²) in [6.07, 6.45) is 2.72. The van der Waals surface area contributed by atoms with Gasteiger partial charge in [0, 0.05) is 5.54 Å². The quantitative estimate of drug-likeness (QED) is 0.540. The Morgan fingerprint density at radius 2 is 2.10 bits per heavy atom. The maximum atomic E-state index is 2.47. The maximum absolute atomic E-state index is 2.47. The Labute approximate surface area is 64.4 Å². The zero-order valence-corrected chi connectivity index (χ0v) is 7.65. The lowest BCUT2D eigenvalue weighted by molar-refractivity contribution is 0.169. The Balaban J connectivity index is 2.64. The topological polar surface area (TPSA) is 3.24 Å². The van der Waals surface area contributed by atoms with Gasteiger partial charge < -0.3 is 4.90 Å². The molecule has 1 heteroatoms. The SMILES string of the molecule is CCC1CCN(C)C1(C)C. The molecule has 1 rings (SSSR count). The Morgan fingerprint density at radius 1 is 1.50 bits per heavy atom. The van der Waals surface area contributed by atoms with Gasteiger partial charge in [-0.05, 0) is 39.8 Å². The van der Waals surface area contributed by atoms with Gasteiger partial charge >= 0.3 is 0 Å². The number of hydrogen-bond acceptors (Lipinski definition) is 1. The zero-order valence-electron chi connectivity index (χ0n) is 7.65. The van der Waals surface area contributed by atoms with Crippen LogP contribution in [0, 0.1) is 5.92 Å². The van der Waals surface area contributed by atoms with Crippen LogP contribution in [0.4, 0.5) is 0 Å². The first-order valence-corrected chi connectivity index (χ1v) is 4.30. The molecule has 0 aromatic carbocycles. The minimum atomic E-state index is 0.453. The van der Waals surface area contributed by atoms with Crippen molar-refractivity contribution in [2.45, 2.75) is 39.2 Å². The molecule has 1 heterocycles. The summed E-state index contributed by atoms with van der Waals surface area (Å²) in [5.41, 5.74) is 0.453. The lowest BCUT2D eigenvalue weighted by Gasteiger charge is -2.32. The molecule has 1 nitrogen and oxygen atoms in total. The fraction of sp³-hybridized carbons (Fsp3) is 1.00. The molecule has 0 bridgehead atoms. The van der Waals surface area contributed by atoms with Crippen LogP contribution >= 0.6 is 0 Å². The third kappa shape index (κ3) is 1.07. The van der Waals surface area contributed by atoms with E-state index < -0.39 is 0 Å². The third-order valence-electron chi connectivity index (χ3n) is 3.29. The van der Waals surface area contributed by atoms with Gasteiger partial charge in [-0.3, -0.25) is 0 Å². The Hall–Kier alpha value is -0.0400. The second-order valence-corrected chi connectivity index (χ2v) is 3.97. The molecular formula is C9H19N. The fourth-order valence-corrected chi connectivity index (χ4v) is 2.01. The second-order valence-electron chi connectivity index (χ2n) is 3.97. The van der Waals surface area contributed by atoms with Crippen LogP contribution in [-0.2, 0) is 0 Å². The molecule has 0 radical (unpaired) electrons. The van der Waals surface area contributed by atoms with Crippen LogP contribution in [0.1, 0.15) is 33.6 Å². The summed E-state index contributed by atoms with van der Waals surface area (Å²) in [6.45, 7) is 8.29. The molecule has 1 aliphatic heterocycles. The van der Waals surface area contributed by atoms with E-state index in [1.54, 1.807) is 0 Å². The summed E-state index contributed by atoms with van der Waals surface area (Å²) in [4.78, 5) is 2.47. The van der Waals surface area contributed by atoms with Gasteiger partial charge in [0.15, 0.2) is 0 Å². The molecule has 10 heavy (non-hydrogen) atoms. The van der Waals surface area contributed by atoms with Gasteiger partial charge in [0.1, 0.15) is 0 Å². The van der Waals surface area contributed by atoms with Crippen LogP contribution < -0.4 is 0 Å². The molecule has 1 aliphatic rings. The van der Waals surface area contributed by atoms with E-state index in [0.29, 0.717) is 5.54 Å². The highest BCUT2D eigenvalue weighted by atomic mass is 15.2. The minimum Gasteiger partial charge on any atom is -0.301 e. The standard InChI is InChI=1S/C9H19N/c1-5-8-6-7-10(4)9(8,2)3/h8H,5-7H2,1-4H3. The minimum absolute atomic E-state index is 0.453. The Bertz CT molecular complexity index is 118. The van der Waals surface area contributed by atoms with Gasteiger partial charge in [-0.25, -0.2) is 0 Å². The Kier molecular flexibility index (Phi) is 2.04. The molecule has 0 amide bonds. The van der Waals surface area contributed by atoms with E-state index in [4.69, 9.17) is 0 Å². The Morgan fingerprint density at radius 3 is 2.30 bits per heavy atom. The van der Waals surface area contributed by atoms with Crippen molar-refractivity contribution in [3.05, 3.63) is 0 Å². The van der Waals surface area contributed by atoms with Crippen molar-refractivity contribution >= 4 is 0 Å². The van der Waals surface area contributed by atoms with E-state index in [1.807, 2.05) is 0 Å². The van der Waals surface area contributed by atoms with Crippen molar-refractivity contribution < 1.29 is 0 Å². The fourth-order valence-electron chi connectivity index (χ4n) is 2.01. The highest BCUT2D eigenvalue weighted by molar-refractivity contribution is 4.92. The average Bonchev–Trinajstić information content (AvgIpc) is 2.10. The first kappa shape index (κ1) is 8.06. The molecule has 0 aromatic rings. The zero-order chi connectivity index (χ0) is 7.78. The van der Waals surface area contributed by atoms with Gasteiger partial charge in [-0.2, -0.15) is 0 Å². The highest BCUT2D eigenvalue weighted by Crippen LogP contribution is 2.34. The first-order valence-electron chi connectivity index (χ1n) is 4.30. The third-order valence-corrected chi connectivity index (χ3v) is 3.29. The van der Waals surface area contributed by atoms with Crippen LogP contribution in [0.3, 0.4) is 0 Å². The van der Waals surface area contributed by atoms with E-state index >= 15 is 0 Å². The number of nitrogens with zero attached hydrogens (tertiary/aromatic N) is 1. The molecular weight excluding hydrogens is 122 g/mol. The molecule has 1 saturated heterocycles. The molecule has 1 fully saturated rings. The predicted molar refractivity (Wildman–Crippen MR) is 45.1 cm³/mol. The van der Waals surface area contributed by atoms with Crippen molar-refractivity contribution in [3.8, 4) is 0 Å². The van der Waals surface area contributed by atoms with Crippen LogP contribution in [0.5, 0.6) is 0 Å². The lowest BCUT2D eigenvalue weighted by Crippen LogP contribution is -2.39. The van der Waals surface area contributed by atoms with E-state index in [0.717, 1.165) is 5.92 Å². The molecule has 1 atom stereocenters. The number of rotatable bonds is 1. The van der Waals surface area contributed by atoms with Crippen molar-refractivity contribution in [1.29, 1.82) is 0 Å². The van der Waals surface area contributed by atoms with Gasteiger partial charge in [0.2, 0.25) is 0 Å². The van der Waals surface area contributed by atoms with Crippen molar-refractivity contribution in [1.82, 2.24) is 4.90 Å². The molecule has 0 saturated carbocycles. The summed E-state index contributed by atoms with van der Waals surface area (Å²) in [5, 5.41) is 0. The van der Waals surface area contributed by atoms with E-state index in [-0.39, 0.29) is 0 Å². The van der Waals surface area contributed by atoms with E-state index in [9.17, 15) is 0 Å². The maximum Gasteiger partial charge on any atom is 0.0178 e. The monoisotopic (exact) mass is 141 g/mol. The van der Waals surface area contributed by atoms with Gasteiger partial charge in [-0.1, -0.05) is 13.3 Å². The number of likely N-dealkylation sites (tertiary alicyclic amines) is 1. The molecule has 0 N–H and O–H groups in total. The van der Waals surface area contributed by atoms with E-state index in [1.165, 1.54) is 19.4 Å². The summed E-state index contributed by atoms with van der Waals surface area (Å²) in [7, 11) is 2.23. The van der Waals surface area contributed by atoms with Crippen LogP contribution in [0.2, 0.25) is 0 Å². The summed E-state index contributed by atoms with van der Waals surface area (Å²) in [6, 6.07) is 0. The number of hydrogen-bond donors (Lipinski definition) is 0. The largest absolute Gasteiger partial charge is 0.301 e. The van der Waals surface area contributed by atoms with E-state index in [2.05, 4.69) is 32.7 Å². The van der Waals surface area contributed by atoms with Gasteiger partial charge in [0.05, 0.1) is 0 Å². The van der Waals surface area contributed by atoms with Gasteiger partial charge in [0.25, 0.3) is 0 Å². The first-order chi connectivity index (χ1) is 4.59. The summed E-state index contributed by atoms with van der Waals surface area (Å²) < 4.78 is 0. The molecule has 0 aromatic heterocycles. The van der Waals surface area contributed by atoms with Crippen molar-refractivity contribution in [3.63, 3.8) is 0 Å². The smallest absolute Gasteiger partial charge is 0.0178 e.